The Labute approximate surface area is 145 Å². The van der Waals surface area contributed by atoms with E-state index in [2.05, 4.69) is 10.0 Å². The van der Waals surface area contributed by atoms with E-state index in [-0.39, 0.29) is 23.8 Å². The first-order valence-corrected chi connectivity index (χ1v) is 9.79. The summed E-state index contributed by atoms with van der Waals surface area (Å²) in [4.78, 5) is 12.1. The number of thiophene rings is 1. The van der Waals surface area contributed by atoms with Gasteiger partial charge in [0.15, 0.2) is 0 Å². The Morgan fingerprint density at radius 1 is 1.17 bits per heavy atom. The average molecular weight is 368 g/mol. The summed E-state index contributed by atoms with van der Waals surface area (Å²) >= 11 is 1.19. The Morgan fingerprint density at radius 3 is 2.50 bits per heavy atom. The summed E-state index contributed by atoms with van der Waals surface area (Å²) in [6.07, 6.45) is 0.0107. The van der Waals surface area contributed by atoms with Crippen molar-refractivity contribution in [3.63, 3.8) is 0 Å². The van der Waals surface area contributed by atoms with Gasteiger partial charge in [0, 0.05) is 24.2 Å². The maximum atomic E-state index is 12.3. The number of hydrogen-bond donors (Lipinski definition) is 2. The molecule has 2 rings (SSSR count). The number of ether oxygens (including phenoxy) is 1. The van der Waals surface area contributed by atoms with E-state index in [0.29, 0.717) is 0 Å². The van der Waals surface area contributed by atoms with E-state index in [0.717, 1.165) is 16.1 Å². The molecule has 0 unspecified atom stereocenters. The lowest BCUT2D eigenvalue weighted by Crippen LogP contribution is -2.26. The number of anilines is 1. The molecule has 24 heavy (non-hydrogen) atoms. The maximum Gasteiger partial charge on any atom is 0.307 e. The molecule has 0 fully saturated rings. The van der Waals surface area contributed by atoms with E-state index in [1.54, 1.807) is 19.1 Å². The molecule has 130 valence electrons. The minimum atomic E-state index is -3.62. The van der Waals surface area contributed by atoms with Crippen molar-refractivity contribution in [2.24, 2.45) is 0 Å². The topological polar surface area (TPSA) is 84.5 Å². The number of hydrogen-bond acceptors (Lipinski definition) is 6. The van der Waals surface area contributed by atoms with Crippen LogP contribution in [0, 0.1) is 0 Å². The summed E-state index contributed by atoms with van der Waals surface area (Å²) in [6, 6.07) is 11.1. The van der Waals surface area contributed by atoms with Crippen LogP contribution >= 0.6 is 11.3 Å². The molecule has 1 heterocycles. The molecule has 1 aromatic heterocycles. The van der Waals surface area contributed by atoms with Gasteiger partial charge in [0.1, 0.15) is 4.21 Å². The molecule has 0 aliphatic heterocycles. The zero-order chi connectivity index (χ0) is 17.6. The molecule has 0 spiro atoms. The van der Waals surface area contributed by atoms with Crippen LogP contribution in [0.2, 0.25) is 0 Å². The number of esters is 1. The summed E-state index contributed by atoms with van der Waals surface area (Å²) in [5, 5.41) is 3.04. The zero-order valence-corrected chi connectivity index (χ0v) is 15.2. The van der Waals surface area contributed by atoms with Crippen LogP contribution in [-0.2, 0) is 19.6 Å². The normalized spacial score (nSPS) is 11.2. The molecule has 2 N–H and O–H groups in total. The number of benzene rings is 1. The summed E-state index contributed by atoms with van der Waals surface area (Å²) in [5.74, 6) is -0.420. The lowest BCUT2D eigenvalue weighted by Gasteiger charge is -2.04. The molecule has 1 aromatic carbocycles. The van der Waals surface area contributed by atoms with E-state index in [9.17, 15) is 13.2 Å². The molecule has 0 radical (unpaired) electrons. The number of carbonyl (C=O) groups is 1. The molecule has 2 aromatic rings. The third-order valence-corrected chi connectivity index (χ3v) is 6.32. The van der Waals surface area contributed by atoms with E-state index in [1.165, 1.54) is 11.3 Å². The molecule has 0 atom stereocenters. The Kier molecular flexibility index (Phi) is 6.36. The van der Waals surface area contributed by atoms with Crippen molar-refractivity contribution in [1.82, 2.24) is 4.72 Å². The molecule has 6 nitrogen and oxygen atoms in total. The minimum absolute atomic E-state index is 0.0107. The van der Waals surface area contributed by atoms with Crippen molar-refractivity contribution in [3.05, 3.63) is 36.4 Å². The second kappa shape index (κ2) is 8.27. The second-order valence-electron chi connectivity index (χ2n) is 4.90. The predicted octanol–water partition coefficient (Wildman–Crippen LogP) is 2.69. The summed E-state index contributed by atoms with van der Waals surface area (Å²) in [6.45, 7) is 2.01. The van der Waals surface area contributed by atoms with Gasteiger partial charge < -0.3 is 10.1 Å². The van der Waals surface area contributed by atoms with Crippen LogP contribution in [0.5, 0.6) is 0 Å². The van der Waals surface area contributed by atoms with Crippen molar-refractivity contribution >= 4 is 33.0 Å². The van der Waals surface area contributed by atoms with Crippen LogP contribution in [0.4, 0.5) is 5.69 Å². The van der Waals surface area contributed by atoms with E-state index >= 15 is 0 Å². The van der Waals surface area contributed by atoms with Gasteiger partial charge in [-0.1, -0.05) is 12.1 Å². The summed E-state index contributed by atoms with van der Waals surface area (Å²) < 4.78 is 31.9. The van der Waals surface area contributed by atoms with Gasteiger partial charge >= 0.3 is 5.97 Å². The molecule has 0 saturated carbocycles. The third-order valence-electron chi connectivity index (χ3n) is 3.23. The summed E-state index contributed by atoms with van der Waals surface area (Å²) in [5.41, 5.74) is 1.94. The zero-order valence-electron chi connectivity index (χ0n) is 13.5. The van der Waals surface area contributed by atoms with Crippen LogP contribution in [0.15, 0.2) is 40.6 Å². The molecular weight excluding hydrogens is 348 g/mol. The van der Waals surface area contributed by atoms with Gasteiger partial charge in [0.25, 0.3) is 0 Å². The number of rotatable bonds is 8. The van der Waals surface area contributed by atoms with Gasteiger partial charge in [0.05, 0.1) is 13.0 Å². The van der Waals surface area contributed by atoms with Gasteiger partial charge in [-0.3, -0.25) is 4.79 Å². The number of carbonyl (C=O) groups excluding carboxylic acids is 1. The van der Waals surface area contributed by atoms with Crippen LogP contribution < -0.4 is 10.0 Å². The van der Waals surface area contributed by atoms with Crippen LogP contribution in [0.3, 0.4) is 0 Å². The standard InChI is InChI=1S/C16H20N2O4S2/c1-3-22-15(19)10-11-18-24(20,21)16-9-8-14(23-16)12-4-6-13(17-2)7-5-12/h4-9,17-18H,3,10-11H2,1-2H3. The first-order valence-electron chi connectivity index (χ1n) is 7.49. The van der Waals surface area contributed by atoms with Gasteiger partial charge in [-0.15, -0.1) is 11.3 Å². The van der Waals surface area contributed by atoms with Gasteiger partial charge in [-0.2, -0.15) is 0 Å². The van der Waals surface area contributed by atoms with E-state index < -0.39 is 16.0 Å². The second-order valence-corrected chi connectivity index (χ2v) is 7.98. The first kappa shape index (κ1) is 18.4. The highest BCUT2D eigenvalue weighted by Crippen LogP contribution is 2.31. The lowest BCUT2D eigenvalue weighted by molar-refractivity contribution is -0.142. The van der Waals surface area contributed by atoms with Crippen molar-refractivity contribution < 1.29 is 17.9 Å². The maximum absolute atomic E-state index is 12.3. The van der Waals surface area contributed by atoms with Crippen LogP contribution in [0.1, 0.15) is 13.3 Å². The van der Waals surface area contributed by atoms with Gasteiger partial charge in [-0.25, -0.2) is 13.1 Å². The lowest BCUT2D eigenvalue weighted by atomic mass is 10.2. The average Bonchev–Trinajstić information content (AvgIpc) is 3.06. The third kappa shape index (κ3) is 4.80. The van der Waals surface area contributed by atoms with Crippen molar-refractivity contribution in [2.75, 3.05) is 25.5 Å². The van der Waals surface area contributed by atoms with Crippen LogP contribution in [-0.4, -0.2) is 34.6 Å². The molecule has 0 amide bonds. The fraction of sp³-hybridized carbons (Fsp3) is 0.312. The van der Waals surface area contributed by atoms with Crippen LogP contribution in [0.25, 0.3) is 10.4 Å². The highest BCUT2D eigenvalue weighted by Gasteiger charge is 2.17. The first-order chi connectivity index (χ1) is 11.5. The predicted molar refractivity (Wildman–Crippen MR) is 95.7 cm³/mol. The van der Waals surface area contributed by atoms with Gasteiger partial charge in [0.2, 0.25) is 10.0 Å². The van der Waals surface area contributed by atoms with E-state index in [4.69, 9.17) is 4.74 Å². The number of nitrogens with one attached hydrogen (secondary N) is 2. The largest absolute Gasteiger partial charge is 0.466 e. The molecule has 0 aliphatic rings. The molecule has 8 heteroatoms. The molecule has 0 aliphatic carbocycles. The molecular formula is C16H20N2O4S2. The van der Waals surface area contributed by atoms with E-state index in [1.807, 2.05) is 31.3 Å². The molecule has 0 saturated heterocycles. The SMILES string of the molecule is CCOC(=O)CCNS(=O)(=O)c1ccc(-c2ccc(NC)cc2)s1. The van der Waals surface area contributed by atoms with Gasteiger partial charge in [-0.05, 0) is 36.8 Å². The number of sulfonamides is 1. The smallest absolute Gasteiger partial charge is 0.307 e. The Balaban J connectivity index is 2.03. The molecule has 0 bridgehead atoms. The summed E-state index contributed by atoms with van der Waals surface area (Å²) in [7, 11) is -1.78. The van der Waals surface area contributed by atoms with Crippen molar-refractivity contribution in [1.29, 1.82) is 0 Å². The van der Waals surface area contributed by atoms with Crippen molar-refractivity contribution in [2.45, 2.75) is 17.6 Å². The highest BCUT2D eigenvalue weighted by atomic mass is 32.2. The quantitative estimate of drug-likeness (QED) is 0.700. The Bertz CT molecular complexity index is 783. The fourth-order valence-electron chi connectivity index (χ4n) is 2.01. The monoisotopic (exact) mass is 368 g/mol. The Morgan fingerprint density at radius 2 is 1.88 bits per heavy atom. The minimum Gasteiger partial charge on any atom is -0.466 e. The Hall–Kier alpha value is -1.90. The fourth-order valence-corrected chi connectivity index (χ4v) is 4.40. The van der Waals surface area contributed by atoms with Crippen molar-refractivity contribution in [3.8, 4) is 10.4 Å². The highest BCUT2D eigenvalue weighted by molar-refractivity contribution is 7.91.